The van der Waals surface area contributed by atoms with Gasteiger partial charge in [0.1, 0.15) is 5.75 Å². The number of carbonyl (C=O) groups excluding carboxylic acids is 1. The van der Waals surface area contributed by atoms with Crippen molar-refractivity contribution >= 4 is 22.5 Å². The Labute approximate surface area is 122 Å². The Hall–Kier alpha value is -2.88. The van der Waals surface area contributed by atoms with Crippen LogP contribution in [-0.4, -0.2) is 23.0 Å². The van der Waals surface area contributed by atoms with Crippen LogP contribution in [0, 0.1) is 0 Å². The molecule has 2 aromatic carbocycles. The summed E-state index contributed by atoms with van der Waals surface area (Å²) < 4.78 is 0. The van der Waals surface area contributed by atoms with Crippen LogP contribution in [0.1, 0.15) is 10.4 Å². The maximum atomic E-state index is 12.7. The number of para-hydroxylation sites is 1. The van der Waals surface area contributed by atoms with Gasteiger partial charge in [0.2, 0.25) is 0 Å². The number of carbonyl (C=O) groups is 1. The summed E-state index contributed by atoms with van der Waals surface area (Å²) >= 11 is 0. The molecule has 1 aromatic heterocycles. The molecule has 0 fully saturated rings. The van der Waals surface area contributed by atoms with Gasteiger partial charge in [-0.1, -0.05) is 18.2 Å². The number of fused-ring (bicyclic) bond motifs is 1. The fourth-order valence-electron chi connectivity index (χ4n) is 2.26. The molecule has 0 bridgehead atoms. The van der Waals surface area contributed by atoms with Crippen LogP contribution >= 0.6 is 0 Å². The van der Waals surface area contributed by atoms with Crippen molar-refractivity contribution in [1.29, 1.82) is 0 Å². The molecule has 3 rings (SSSR count). The summed E-state index contributed by atoms with van der Waals surface area (Å²) in [5, 5.41) is 10.2. The zero-order valence-corrected chi connectivity index (χ0v) is 11.5. The summed E-state index contributed by atoms with van der Waals surface area (Å²) in [5.41, 5.74) is 2.12. The number of pyridine rings is 1. The minimum atomic E-state index is -0.112. The molecule has 1 amide bonds. The van der Waals surface area contributed by atoms with Crippen LogP contribution in [-0.2, 0) is 0 Å². The molecular weight excluding hydrogens is 264 g/mol. The first-order valence-corrected chi connectivity index (χ1v) is 6.57. The molecule has 0 aliphatic rings. The lowest BCUT2D eigenvalue weighted by Gasteiger charge is -2.18. The molecule has 0 spiro atoms. The van der Waals surface area contributed by atoms with Crippen LogP contribution in [0.15, 0.2) is 60.8 Å². The van der Waals surface area contributed by atoms with Crippen molar-refractivity contribution in [1.82, 2.24) is 4.98 Å². The highest BCUT2D eigenvalue weighted by Crippen LogP contribution is 2.22. The van der Waals surface area contributed by atoms with Crippen molar-refractivity contribution in [2.24, 2.45) is 0 Å². The largest absolute Gasteiger partial charge is 0.508 e. The van der Waals surface area contributed by atoms with Crippen LogP contribution < -0.4 is 4.90 Å². The molecule has 1 heterocycles. The van der Waals surface area contributed by atoms with Crippen LogP contribution in [0.25, 0.3) is 10.9 Å². The average molecular weight is 278 g/mol. The van der Waals surface area contributed by atoms with E-state index in [4.69, 9.17) is 0 Å². The number of rotatable bonds is 2. The van der Waals surface area contributed by atoms with Gasteiger partial charge in [-0.3, -0.25) is 9.78 Å². The number of aromatic nitrogens is 1. The number of phenolic OH excluding ortho intramolecular Hbond substituents is 1. The Morgan fingerprint density at radius 2 is 1.76 bits per heavy atom. The van der Waals surface area contributed by atoms with E-state index in [1.807, 2.05) is 24.3 Å². The normalized spacial score (nSPS) is 10.5. The van der Waals surface area contributed by atoms with Gasteiger partial charge in [0.05, 0.1) is 11.1 Å². The van der Waals surface area contributed by atoms with Gasteiger partial charge in [-0.25, -0.2) is 0 Å². The molecule has 0 saturated heterocycles. The van der Waals surface area contributed by atoms with E-state index >= 15 is 0 Å². The number of hydrogen-bond acceptors (Lipinski definition) is 3. The second-order valence-electron chi connectivity index (χ2n) is 4.76. The minimum absolute atomic E-state index is 0.112. The molecule has 21 heavy (non-hydrogen) atoms. The molecule has 0 unspecified atom stereocenters. The fourth-order valence-corrected chi connectivity index (χ4v) is 2.26. The Balaban J connectivity index is 2.02. The minimum Gasteiger partial charge on any atom is -0.508 e. The van der Waals surface area contributed by atoms with E-state index in [0.29, 0.717) is 5.56 Å². The molecule has 0 aliphatic heterocycles. The van der Waals surface area contributed by atoms with Gasteiger partial charge in [-0.05, 0) is 36.4 Å². The zero-order chi connectivity index (χ0) is 14.8. The summed E-state index contributed by atoms with van der Waals surface area (Å²) in [4.78, 5) is 18.5. The highest BCUT2D eigenvalue weighted by Gasteiger charge is 2.16. The Kier molecular flexibility index (Phi) is 3.28. The van der Waals surface area contributed by atoms with Crippen LogP contribution in [0.3, 0.4) is 0 Å². The summed E-state index contributed by atoms with van der Waals surface area (Å²) in [5.74, 6) is 0.0632. The first-order valence-electron chi connectivity index (χ1n) is 6.57. The zero-order valence-electron chi connectivity index (χ0n) is 11.5. The summed E-state index contributed by atoms with van der Waals surface area (Å²) in [6.45, 7) is 0. The van der Waals surface area contributed by atoms with E-state index in [-0.39, 0.29) is 11.7 Å². The summed E-state index contributed by atoms with van der Waals surface area (Å²) in [6, 6.07) is 15.8. The van der Waals surface area contributed by atoms with Crippen molar-refractivity contribution in [3.8, 4) is 5.75 Å². The average Bonchev–Trinajstić information content (AvgIpc) is 2.53. The second kappa shape index (κ2) is 5.25. The monoisotopic (exact) mass is 278 g/mol. The number of hydrogen-bond donors (Lipinski definition) is 1. The van der Waals surface area contributed by atoms with Crippen molar-refractivity contribution < 1.29 is 9.90 Å². The number of benzene rings is 2. The highest BCUT2D eigenvalue weighted by atomic mass is 16.3. The van der Waals surface area contributed by atoms with E-state index in [1.54, 1.807) is 48.5 Å². The Morgan fingerprint density at radius 1 is 1.05 bits per heavy atom. The maximum Gasteiger partial charge on any atom is 0.258 e. The van der Waals surface area contributed by atoms with Gasteiger partial charge in [0.15, 0.2) is 0 Å². The standard InChI is InChI=1S/C17H14N2O2/c1-19(12-6-8-13(20)9-7-12)17(21)15-10-11-18-16-5-3-2-4-14(15)16/h2-11,20H,1H3. The van der Waals surface area contributed by atoms with Crippen molar-refractivity contribution in [3.05, 3.63) is 66.4 Å². The molecule has 4 nitrogen and oxygen atoms in total. The van der Waals surface area contributed by atoms with Crippen molar-refractivity contribution in [2.75, 3.05) is 11.9 Å². The van der Waals surface area contributed by atoms with Gasteiger partial charge >= 0.3 is 0 Å². The third-order valence-electron chi connectivity index (χ3n) is 3.42. The molecular formula is C17H14N2O2. The van der Waals surface area contributed by atoms with Gasteiger partial charge in [-0.2, -0.15) is 0 Å². The molecule has 104 valence electrons. The predicted molar refractivity (Wildman–Crippen MR) is 82.6 cm³/mol. The molecule has 1 N–H and O–H groups in total. The van der Waals surface area contributed by atoms with Gasteiger partial charge in [-0.15, -0.1) is 0 Å². The highest BCUT2D eigenvalue weighted by molar-refractivity contribution is 6.13. The lowest BCUT2D eigenvalue weighted by atomic mass is 10.1. The topological polar surface area (TPSA) is 53.4 Å². The summed E-state index contributed by atoms with van der Waals surface area (Å²) in [6.07, 6.45) is 1.64. The van der Waals surface area contributed by atoms with E-state index in [1.165, 1.54) is 0 Å². The van der Waals surface area contributed by atoms with Gasteiger partial charge in [0.25, 0.3) is 5.91 Å². The van der Waals surface area contributed by atoms with Crippen LogP contribution in [0.4, 0.5) is 5.69 Å². The summed E-state index contributed by atoms with van der Waals surface area (Å²) in [7, 11) is 1.71. The van der Waals surface area contributed by atoms with E-state index in [9.17, 15) is 9.90 Å². The fraction of sp³-hybridized carbons (Fsp3) is 0.0588. The van der Waals surface area contributed by atoms with E-state index < -0.39 is 0 Å². The van der Waals surface area contributed by atoms with Crippen LogP contribution in [0.2, 0.25) is 0 Å². The number of nitrogens with zero attached hydrogens (tertiary/aromatic N) is 2. The van der Waals surface area contributed by atoms with E-state index in [0.717, 1.165) is 16.6 Å². The Morgan fingerprint density at radius 3 is 2.52 bits per heavy atom. The Bertz CT molecular complexity index is 792. The quantitative estimate of drug-likeness (QED) is 0.783. The second-order valence-corrected chi connectivity index (χ2v) is 4.76. The molecule has 3 aromatic rings. The van der Waals surface area contributed by atoms with E-state index in [2.05, 4.69) is 4.98 Å². The lowest BCUT2D eigenvalue weighted by Crippen LogP contribution is -2.26. The number of phenols is 1. The molecule has 0 saturated carbocycles. The third-order valence-corrected chi connectivity index (χ3v) is 3.42. The SMILES string of the molecule is CN(C(=O)c1ccnc2ccccc12)c1ccc(O)cc1. The smallest absolute Gasteiger partial charge is 0.258 e. The molecule has 0 aliphatic carbocycles. The number of aromatic hydroxyl groups is 1. The van der Waals surface area contributed by atoms with Gasteiger partial charge in [0, 0.05) is 24.3 Å². The maximum absolute atomic E-state index is 12.7. The molecule has 0 atom stereocenters. The third kappa shape index (κ3) is 2.43. The lowest BCUT2D eigenvalue weighted by molar-refractivity contribution is 0.0994. The first-order chi connectivity index (χ1) is 10.2. The van der Waals surface area contributed by atoms with Crippen molar-refractivity contribution in [2.45, 2.75) is 0 Å². The first kappa shape index (κ1) is 13.1. The number of amides is 1. The van der Waals surface area contributed by atoms with Crippen molar-refractivity contribution in [3.63, 3.8) is 0 Å². The van der Waals surface area contributed by atoms with Gasteiger partial charge < -0.3 is 10.0 Å². The molecule has 0 radical (unpaired) electrons. The number of anilines is 1. The van der Waals surface area contributed by atoms with Crippen LogP contribution in [0.5, 0.6) is 5.75 Å². The molecule has 4 heteroatoms. The predicted octanol–water partition coefficient (Wildman–Crippen LogP) is 3.22.